The number of carboxylic acid groups (broad SMARTS) is 1. The number of alkyl halides is 3. The molecule has 1 aliphatic rings. The predicted molar refractivity (Wildman–Crippen MR) is 79.9 cm³/mol. The molecule has 0 saturated carbocycles. The molecule has 1 atom stereocenters. The second-order valence-corrected chi connectivity index (χ2v) is 5.74. The van der Waals surface area contributed by atoms with Crippen molar-refractivity contribution in [3.63, 3.8) is 0 Å². The highest BCUT2D eigenvalue weighted by Crippen LogP contribution is 2.27. The fourth-order valence-corrected chi connectivity index (χ4v) is 2.63. The van der Waals surface area contributed by atoms with Gasteiger partial charge in [0.2, 0.25) is 5.91 Å². The first kappa shape index (κ1) is 18.7. The monoisotopic (exact) mass is 379 g/mol. The van der Waals surface area contributed by atoms with Gasteiger partial charge in [0.15, 0.2) is 16.7 Å². The highest BCUT2D eigenvalue weighted by Gasteiger charge is 2.33. The highest BCUT2D eigenvalue weighted by atomic mass is 32.2. The summed E-state index contributed by atoms with van der Waals surface area (Å²) in [5.41, 5.74) is -0.317. The quantitative estimate of drug-likeness (QED) is 0.464. The number of halogens is 4. The molecular formula is C13H9F4N3O4S. The summed E-state index contributed by atoms with van der Waals surface area (Å²) in [5.74, 6) is -4.03. The van der Waals surface area contributed by atoms with Gasteiger partial charge in [0.25, 0.3) is 0 Å². The number of aliphatic carboxylic acids is 1. The molecule has 0 spiro atoms. The molecule has 1 fully saturated rings. The van der Waals surface area contributed by atoms with E-state index in [4.69, 9.17) is 5.11 Å². The van der Waals surface area contributed by atoms with Crippen LogP contribution in [0.3, 0.4) is 0 Å². The predicted octanol–water partition coefficient (Wildman–Crippen LogP) is 2.12. The first-order chi connectivity index (χ1) is 11.7. The van der Waals surface area contributed by atoms with E-state index in [9.17, 15) is 27.2 Å². The number of ether oxygens (including phenoxy) is 1. The number of rotatable bonds is 5. The SMILES string of the molecule is O=C(O)CC1SC(=NN=Cc2cccc(OC(F)(F)F)c2F)NC1=O. The van der Waals surface area contributed by atoms with E-state index in [1.807, 2.05) is 0 Å². The Morgan fingerprint density at radius 1 is 1.44 bits per heavy atom. The van der Waals surface area contributed by atoms with E-state index >= 15 is 0 Å². The molecule has 1 amide bonds. The first-order valence-corrected chi connectivity index (χ1v) is 7.38. The summed E-state index contributed by atoms with van der Waals surface area (Å²) in [5, 5.41) is 17.1. The summed E-state index contributed by atoms with van der Waals surface area (Å²) in [6.07, 6.45) is -4.62. The van der Waals surface area contributed by atoms with Crippen molar-refractivity contribution in [2.24, 2.45) is 10.2 Å². The molecule has 1 aromatic carbocycles. The van der Waals surface area contributed by atoms with Crippen LogP contribution < -0.4 is 10.1 Å². The summed E-state index contributed by atoms with van der Waals surface area (Å²) in [6, 6.07) is 3.08. The van der Waals surface area contributed by atoms with Crippen molar-refractivity contribution in [1.82, 2.24) is 5.32 Å². The summed E-state index contributed by atoms with van der Waals surface area (Å²) < 4.78 is 53.8. The van der Waals surface area contributed by atoms with Crippen molar-refractivity contribution >= 4 is 35.0 Å². The number of carbonyl (C=O) groups is 2. The van der Waals surface area contributed by atoms with Gasteiger partial charge in [0.05, 0.1) is 12.6 Å². The zero-order chi connectivity index (χ0) is 18.6. The molecular weight excluding hydrogens is 370 g/mol. The average molecular weight is 379 g/mol. The smallest absolute Gasteiger partial charge is 0.481 e. The number of nitrogens with one attached hydrogen (secondary N) is 1. The maximum absolute atomic E-state index is 13.9. The molecule has 1 unspecified atom stereocenters. The van der Waals surface area contributed by atoms with Gasteiger partial charge in [-0.25, -0.2) is 4.39 Å². The minimum atomic E-state index is -5.04. The van der Waals surface area contributed by atoms with Gasteiger partial charge < -0.3 is 15.2 Å². The average Bonchev–Trinajstić information content (AvgIpc) is 2.81. The Morgan fingerprint density at radius 2 is 2.16 bits per heavy atom. The fourth-order valence-electron chi connectivity index (χ4n) is 1.72. The Bertz CT molecular complexity index is 751. The zero-order valence-electron chi connectivity index (χ0n) is 12.1. The van der Waals surface area contributed by atoms with Gasteiger partial charge in [0.1, 0.15) is 5.25 Å². The van der Waals surface area contributed by atoms with Gasteiger partial charge in [-0.15, -0.1) is 18.3 Å². The number of carboxylic acids is 1. The Morgan fingerprint density at radius 3 is 2.80 bits per heavy atom. The molecule has 2 N–H and O–H groups in total. The fraction of sp³-hybridized carbons (Fsp3) is 0.231. The van der Waals surface area contributed by atoms with Crippen LogP contribution in [0.15, 0.2) is 28.4 Å². The van der Waals surface area contributed by atoms with Crippen LogP contribution in [-0.2, 0) is 9.59 Å². The maximum Gasteiger partial charge on any atom is 0.573 e. The molecule has 0 radical (unpaired) electrons. The van der Waals surface area contributed by atoms with Gasteiger partial charge in [-0.1, -0.05) is 23.9 Å². The molecule has 0 bridgehead atoms. The van der Waals surface area contributed by atoms with Crippen LogP contribution in [-0.4, -0.2) is 40.0 Å². The molecule has 7 nitrogen and oxygen atoms in total. The number of hydrogen-bond donors (Lipinski definition) is 2. The van der Waals surface area contributed by atoms with Crippen molar-refractivity contribution in [2.45, 2.75) is 18.0 Å². The summed E-state index contributed by atoms with van der Waals surface area (Å²) in [7, 11) is 0. The lowest BCUT2D eigenvalue weighted by molar-refractivity contribution is -0.275. The number of carbonyl (C=O) groups excluding carboxylic acids is 1. The van der Waals surface area contributed by atoms with Gasteiger partial charge >= 0.3 is 12.3 Å². The van der Waals surface area contributed by atoms with E-state index in [0.717, 1.165) is 36.2 Å². The molecule has 134 valence electrons. The standard InChI is InChI=1S/C13H9F4N3O4S/c14-10-6(2-1-3-7(10)24-13(15,16)17)5-18-20-12-19-11(23)8(25-12)4-9(21)22/h1-3,5,8H,4H2,(H,21,22)(H,19,20,23). The highest BCUT2D eigenvalue weighted by molar-refractivity contribution is 8.15. The number of thioether (sulfide) groups is 1. The van der Waals surface area contributed by atoms with Crippen LogP contribution in [0.4, 0.5) is 17.6 Å². The van der Waals surface area contributed by atoms with Crippen LogP contribution in [0.2, 0.25) is 0 Å². The largest absolute Gasteiger partial charge is 0.573 e. The third-order valence-electron chi connectivity index (χ3n) is 2.70. The lowest BCUT2D eigenvalue weighted by Crippen LogP contribution is -2.26. The van der Waals surface area contributed by atoms with Gasteiger partial charge in [-0.3, -0.25) is 9.59 Å². The van der Waals surface area contributed by atoms with E-state index in [2.05, 4.69) is 20.3 Å². The number of benzene rings is 1. The van der Waals surface area contributed by atoms with E-state index in [1.54, 1.807) is 0 Å². The van der Waals surface area contributed by atoms with E-state index < -0.39 is 41.5 Å². The molecule has 1 heterocycles. The van der Waals surface area contributed by atoms with Crippen LogP contribution in [0.25, 0.3) is 0 Å². The number of hydrogen-bond acceptors (Lipinski definition) is 6. The lowest BCUT2D eigenvalue weighted by Gasteiger charge is -2.10. The Kier molecular flexibility index (Phi) is 5.62. The number of amides is 1. The second-order valence-electron chi connectivity index (χ2n) is 4.55. The third-order valence-corrected chi connectivity index (χ3v) is 3.77. The van der Waals surface area contributed by atoms with E-state index in [1.165, 1.54) is 0 Å². The van der Waals surface area contributed by atoms with Crippen molar-refractivity contribution in [1.29, 1.82) is 0 Å². The second kappa shape index (κ2) is 7.51. The molecule has 0 aromatic heterocycles. The van der Waals surface area contributed by atoms with E-state index in [-0.39, 0.29) is 10.7 Å². The molecule has 1 aromatic rings. The van der Waals surface area contributed by atoms with Crippen molar-refractivity contribution in [3.8, 4) is 5.75 Å². The molecule has 12 heteroatoms. The Labute approximate surface area is 141 Å². The topological polar surface area (TPSA) is 100 Å². The van der Waals surface area contributed by atoms with Crippen LogP contribution >= 0.6 is 11.8 Å². The van der Waals surface area contributed by atoms with Gasteiger partial charge in [0, 0.05) is 5.56 Å². The minimum absolute atomic E-state index is 0.00407. The molecule has 1 aliphatic heterocycles. The summed E-state index contributed by atoms with van der Waals surface area (Å²) in [6.45, 7) is 0. The molecule has 25 heavy (non-hydrogen) atoms. The van der Waals surface area contributed by atoms with E-state index in [0.29, 0.717) is 0 Å². The molecule has 2 rings (SSSR count). The summed E-state index contributed by atoms with van der Waals surface area (Å²) in [4.78, 5) is 22.1. The maximum atomic E-state index is 13.9. The lowest BCUT2D eigenvalue weighted by atomic mass is 10.2. The van der Waals surface area contributed by atoms with Crippen LogP contribution in [0, 0.1) is 5.82 Å². The Hall–Kier alpha value is -2.63. The minimum Gasteiger partial charge on any atom is -0.481 e. The first-order valence-electron chi connectivity index (χ1n) is 6.50. The van der Waals surface area contributed by atoms with Crippen molar-refractivity contribution in [2.75, 3.05) is 0 Å². The molecule has 0 aliphatic carbocycles. The number of nitrogens with zero attached hydrogens (tertiary/aromatic N) is 2. The third kappa shape index (κ3) is 5.45. The van der Waals surface area contributed by atoms with Crippen molar-refractivity contribution in [3.05, 3.63) is 29.6 Å². The van der Waals surface area contributed by atoms with Gasteiger partial charge in [-0.2, -0.15) is 5.10 Å². The Balaban J connectivity index is 2.09. The zero-order valence-corrected chi connectivity index (χ0v) is 12.9. The summed E-state index contributed by atoms with van der Waals surface area (Å²) >= 11 is 0.825. The normalized spacial score (nSPS) is 19.4. The number of amidine groups is 1. The molecule has 1 saturated heterocycles. The van der Waals surface area contributed by atoms with Crippen LogP contribution in [0.1, 0.15) is 12.0 Å². The van der Waals surface area contributed by atoms with Crippen LogP contribution in [0.5, 0.6) is 5.75 Å². The van der Waals surface area contributed by atoms with Gasteiger partial charge in [-0.05, 0) is 6.07 Å². The van der Waals surface area contributed by atoms with Crippen molar-refractivity contribution < 1.29 is 37.0 Å².